The Balaban J connectivity index is 2.25. The molecule has 0 aliphatic heterocycles. The van der Waals surface area contributed by atoms with E-state index < -0.39 is 5.82 Å². The molecule has 0 saturated heterocycles. The Hall–Kier alpha value is -2.56. The average Bonchev–Trinajstić information content (AvgIpc) is 2.59. The Bertz CT molecular complexity index is 731. The number of rotatable bonds is 5. The molecular formula is C19H23FN2O2. The Labute approximate surface area is 142 Å². The van der Waals surface area contributed by atoms with Gasteiger partial charge in [0, 0.05) is 19.7 Å². The van der Waals surface area contributed by atoms with Gasteiger partial charge in [0.2, 0.25) is 0 Å². The highest BCUT2D eigenvalue weighted by atomic mass is 19.1. The van der Waals surface area contributed by atoms with E-state index in [0.29, 0.717) is 17.0 Å². The van der Waals surface area contributed by atoms with E-state index in [1.165, 1.54) is 23.6 Å². The maximum Gasteiger partial charge on any atom is 0.321 e. The maximum atomic E-state index is 14.3. The van der Waals surface area contributed by atoms with Crippen LogP contribution in [0.3, 0.4) is 0 Å². The minimum Gasteiger partial charge on any atom is -0.488 e. The second-order valence-electron chi connectivity index (χ2n) is 5.59. The number of carbonyl (C=O) groups is 1. The number of ether oxygens (including phenoxy) is 1. The van der Waals surface area contributed by atoms with Crippen LogP contribution in [0.5, 0.6) is 5.75 Å². The summed E-state index contributed by atoms with van der Waals surface area (Å²) in [6, 6.07) is 10.3. The lowest BCUT2D eigenvalue weighted by molar-refractivity contribution is 0.249. The van der Waals surface area contributed by atoms with E-state index in [1.54, 1.807) is 19.2 Å². The number of amides is 2. The average molecular weight is 330 g/mol. The highest BCUT2D eigenvalue weighted by Gasteiger charge is 2.17. The second-order valence-corrected chi connectivity index (χ2v) is 5.59. The van der Waals surface area contributed by atoms with Crippen LogP contribution in [0.1, 0.15) is 23.6 Å². The van der Waals surface area contributed by atoms with E-state index in [2.05, 4.69) is 18.3 Å². The summed E-state index contributed by atoms with van der Waals surface area (Å²) in [6.07, 6.45) is 0.954. The van der Waals surface area contributed by atoms with Crippen molar-refractivity contribution in [2.45, 2.75) is 26.9 Å². The molecular weight excluding hydrogens is 307 g/mol. The molecule has 0 bridgehead atoms. The van der Waals surface area contributed by atoms with Crippen LogP contribution in [0, 0.1) is 12.7 Å². The third-order valence-corrected chi connectivity index (χ3v) is 3.99. The molecule has 24 heavy (non-hydrogen) atoms. The standard InChI is InChI=1S/C19H23FN2O2/c1-5-14-9-10-18(13(2)11-14)24-12-15-16(20)7-6-8-17(15)22(4)19(23)21-3/h6-11H,5,12H2,1-4H3,(H,21,23). The summed E-state index contributed by atoms with van der Waals surface area (Å²) in [5.74, 6) is 0.315. The number of urea groups is 1. The van der Waals surface area contributed by atoms with E-state index >= 15 is 0 Å². The Morgan fingerprint density at radius 2 is 2.04 bits per heavy atom. The molecule has 0 atom stereocenters. The molecule has 0 aromatic heterocycles. The molecule has 0 aliphatic rings. The van der Waals surface area contributed by atoms with Crippen LogP contribution in [0.4, 0.5) is 14.9 Å². The van der Waals surface area contributed by atoms with Gasteiger partial charge in [-0.2, -0.15) is 0 Å². The molecule has 0 fully saturated rings. The lowest BCUT2D eigenvalue weighted by Gasteiger charge is -2.21. The van der Waals surface area contributed by atoms with Crippen molar-refractivity contribution in [1.82, 2.24) is 5.32 Å². The molecule has 1 N–H and O–H groups in total. The van der Waals surface area contributed by atoms with Gasteiger partial charge in [-0.25, -0.2) is 9.18 Å². The van der Waals surface area contributed by atoms with E-state index in [-0.39, 0.29) is 12.6 Å². The lowest BCUT2D eigenvalue weighted by Crippen LogP contribution is -2.35. The molecule has 0 saturated carbocycles. The predicted molar refractivity (Wildman–Crippen MR) is 94.1 cm³/mol. The lowest BCUT2D eigenvalue weighted by atomic mass is 10.1. The van der Waals surface area contributed by atoms with Crippen LogP contribution in [0.25, 0.3) is 0 Å². The van der Waals surface area contributed by atoms with Crippen molar-refractivity contribution in [2.75, 3.05) is 19.0 Å². The number of carbonyl (C=O) groups excluding carboxylic acids is 1. The molecule has 0 spiro atoms. The predicted octanol–water partition coefficient (Wildman–Crippen LogP) is 4.05. The minimum absolute atomic E-state index is 0.0512. The SMILES string of the molecule is CCc1ccc(OCc2c(F)cccc2N(C)C(=O)NC)c(C)c1. The van der Waals surface area contributed by atoms with E-state index in [9.17, 15) is 9.18 Å². The molecule has 0 unspecified atom stereocenters. The summed E-state index contributed by atoms with van der Waals surface area (Å²) < 4.78 is 20.1. The first kappa shape index (κ1) is 17.8. The van der Waals surface area contributed by atoms with Crippen LogP contribution < -0.4 is 15.0 Å². The van der Waals surface area contributed by atoms with Crippen LogP contribution in [0.2, 0.25) is 0 Å². The Kier molecular flexibility index (Phi) is 5.79. The number of nitrogens with one attached hydrogen (secondary N) is 1. The molecule has 2 aromatic carbocycles. The normalized spacial score (nSPS) is 10.4. The van der Waals surface area contributed by atoms with Crippen molar-refractivity contribution in [3.63, 3.8) is 0 Å². The number of aryl methyl sites for hydroxylation is 2. The topological polar surface area (TPSA) is 41.6 Å². The minimum atomic E-state index is -0.397. The number of hydrogen-bond donors (Lipinski definition) is 1. The number of hydrogen-bond acceptors (Lipinski definition) is 2. The number of nitrogens with zero attached hydrogens (tertiary/aromatic N) is 1. The molecule has 5 heteroatoms. The highest BCUT2D eigenvalue weighted by Crippen LogP contribution is 2.26. The number of anilines is 1. The van der Waals surface area contributed by atoms with Gasteiger partial charge in [-0.1, -0.05) is 25.1 Å². The van der Waals surface area contributed by atoms with Gasteiger partial charge >= 0.3 is 6.03 Å². The van der Waals surface area contributed by atoms with Gasteiger partial charge < -0.3 is 10.1 Å². The molecule has 2 amide bonds. The highest BCUT2D eigenvalue weighted by molar-refractivity contribution is 5.92. The molecule has 0 heterocycles. The zero-order chi connectivity index (χ0) is 17.7. The first-order chi connectivity index (χ1) is 11.5. The van der Waals surface area contributed by atoms with E-state index in [4.69, 9.17) is 4.74 Å². The van der Waals surface area contributed by atoms with Crippen molar-refractivity contribution in [3.8, 4) is 5.75 Å². The van der Waals surface area contributed by atoms with Crippen LogP contribution in [-0.4, -0.2) is 20.1 Å². The second kappa shape index (κ2) is 7.81. The van der Waals surface area contributed by atoms with Crippen LogP contribution in [0.15, 0.2) is 36.4 Å². The third kappa shape index (κ3) is 3.85. The molecule has 0 aliphatic carbocycles. The molecule has 2 aromatic rings. The van der Waals surface area contributed by atoms with Gasteiger partial charge in [-0.05, 0) is 42.7 Å². The number of benzene rings is 2. The summed E-state index contributed by atoms with van der Waals surface area (Å²) in [5.41, 5.74) is 3.07. The quantitative estimate of drug-likeness (QED) is 0.898. The first-order valence-corrected chi connectivity index (χ1v) is 7.93. The zero-order valence-corrected chi connectivity index (χ0v) is 14.5. The fourth-order valence-electron chi connectivity index (χ4n) is 2.52. The van der Waals surface area contributed by atoms with Crippen molar-refractivity contribution in [3.05, 3.63) is 58.9 Å². The van der Waals surface area contributed by atoms with Gasteiger partial charge in [0.1, 0.15) is 18.2 Å². The summed E-state index contributed by atoms with van der Waals surface area (Å²) >= 11 is 0. The molecule has 0 radical (unpaired) electrons. The Morgan fingerprint density at radius 1 is 1.29 bits per heavy atom. The van der Waals surface area contributed by atoms with Gasteiger partial charge in [-0.15, -0.1) is 0 Å². The van der Waals surface area contributed by atoms with E-state index in [1.807, 2.05) is 19.1 Å². The fraction of sp³-hybridized carbons (Fsp3) is 0.316. The van der Waals surface area contributed by atoms with Gasteiger partial charge in [0.25, 0.3) is 0 Å². The van der Waals surface area contributed by atoms with Crippen molar-refractivity contribution in [2.24, 2.45) is 0 Å². The molecule has 128 valence electrons. The van der Waals surface area contributed by atoms with Crippen LogP contribution >= 0.6 is 0 Å². The van der Waals surface area contributed by atoms with Crippen molar-refractivity contribution >= 4 is 11.7 Å². The summed E-state index contributed by atoms with van der Waals surface area (Å²) in [4.78, 5) is 13.2. The fourth-order valence-corrected chi connectivity index (χ4v) is 2.52. The maximum absolute atomic E-state index is 14.3. The Morgan fingerprint density at radius 3 is 2.67 bits per heavy atom. The largest absolute Gasteiger partial charge is 0.488 e. The van der Waals surface area contributed by atoms with E-state index in [0.717, 1.165) is 12.0 Å². The van der Waals surface area contributed by atoms with Crippen molar-refractivity contribution < 1.29 is 13.9 Å². The summed E-state index contributed by atoms with van der Waals surface area (Å²) in [5, 5.41) is 2.53. The van der Waals surface area contributed by atoms with Gasteiger partial charge in [0.15, 0.2) is 0 Å². The third-order valence-electron chi connectivity index (χ3n) is 3.99. The van der Waals surface area contributed by atoms with Gasteiger partial charge in [0.05, 0.1) is 5.69 Å². The monoisotopic (exact) mass is 330 g/mol. The summed E-state index contributed by atoms with van der Waals surface area (Å²) in [7, 11) is 3.13. The van der Waals surface area contributed by atoms with Crippen molar-refractivity contribution in [1.29, 1.82) is 0 Å². The zero-order valence-electron chi connectivity index (χ0n) is 14.5. The molecule has 4 nitrogen and oxygen atoms in total. The first-order valence-electron chi connectivity index (χ1n) is 7.93. The van der Waals surface area contributed by atoms with Crippen LogP contribution in [-0.2, 0) is 13.0 Å². The molecule has 2 rings (SSSR count). The smallest absolute Gasteiger partial charge is 0.321 e. The van der Waals surface area contributed by atoms with Gasteiger partial charge in [-0.3, -0.25) is 4.90 Å². The number of halogens is 1. The summed E-state index contributed by atoms with van der Waals surface area (Å²) in [6.45, 7) is 4.11.